The fraction of sp³-hybridized carbons (Fsp3) is 0.391. The lowest BCUT2D eigenvalue weighted by molar-refractivity contribution is -0.132. The van der Waals surface area contributed by atoms with Gasteiger partial charge in [0.05, 0.1) is 18.0 Å². The van der Waals surface area contributed by atoms with Crippen LogP contribution in [-0.2, 0) is 11.2 Å². The van der Waals surface area contributed by atoms with Crippen molar-refractivity contribution in [2.75, 3.05) is 20.2 Å². The Morgan fingerprint density at radius 2 is 1.91 bits per heavy atom. The topological polar surface area (TPSA) is 118 Å². The number of nitrogens with zero attached hydrogens (tertiary/aromatic N) is 4. The lowest BCUT2D eigenvalue weighted by Crippen LogP contribution is -2.40. The summed E-state index contributed by atoms with van der Waals surface area (Å²) in [5.74, 6) is 0.812. The molecule has 0 bridgehead atoms. The monoisotopic (exact) mass is 435 g/mol. The molecule has 0 atom stereocenters. The van der Waals surface area contributed by atoms with Crippen molar-refractivity contribution in [3.05, 3.63) is 58.3 Å². The number of aryl methyl sites for hydroxylation is 1. The summed E-state index contributed by atoms with van der Waals surface area (Å²) < 4.78 is 4.97. The van der Waals surface area contributed by atoms with Crippen LogP contribution in [0.3, 0.4) is 0 Å². The van der Waals surface area contributed by atoms with Gasteiger partial charge in [0.25, 0.3) is 5.56 Å². The second kappa shape index (κ2) is 9.67. The number of likely N-dealkylation sites (tertiary alicyclic amines) is 1. The number of para-hydroxylation sites is 1. The first-order chi connectivity index (χ1) is 15.5. The lowest BCUT2D eigenvalue weighted by atomic mass is 9.90. The van der Waals surface area contributed by atoms with Crippen molar-refractivity contribution in [1.82, 2.24) is 25.1 Å². The van der Waals surface area contributed by atoms with E-state index in [0.717, 1.165) is 0 Å². The summed E-state index contributed by atoms with van der Waals surface area (Å²) in [5, 5.41) is 8.35. The van der Waals surface area contributed by atoms with E-state index in [-0.39, 0.29) is 23.2 Å². The third kappa shape index (κ3) is 4.82. The van der Waals surface area contributed by atoms with Crippen LogP contribution in [0.1, 0.15) is 42.0 Å². The van der Waals surface area contributed by atoms with Gasteiger partial charge in [-0.05, 0) is 37.5 Å². The first-order valence-corrected chi connectivity index (χ1v) is 10.7. The number of aromatic amines is 1. The molecule has 0 spiro atoms. The van der Waals surface area contributed by atoms with Crippen LogP contribution in [0, 0.1) is 5.92 Å². The first-order valence-electron chi connectivity index (χ1n) is 10.7. The zero-order valence-corrected chi connectivity index (χ0v) is 17.9. The van der Waals surface area contributed by atoms with Gasteiger partial charge in [0, 0.05) is 37.9 Å². The molecule has 166 valence electrons. The molecule has 3 heterocycles. The minimum atomic E-state index is -0.162. The normalized spacial score (nSPS) is 14.5. The van der Waals surface area contributed by atoms with E-state index >= 15 is 0 Å². The average molecular weight is 435 g/mol. The molecule has 3 aromatic rings. The third-order valence-corrected chi connectivity index (χ3v) is 5.79. The van der Waals surface area contributed by atoms with E-state index < -0.39 is 0 Å². The van der Waals surface area contributed by atoms with Crippen molar-refractivity contribution in [1.29, 1.82) is 0 Å². The minimum absolute atomic E-state index is 0.0430. The number of piperidine rings is 1. The van der Waals surface area contributed by atoms with Gasteiger partial charge < -0.3 is 14.6 Å². The van der Waals surface area contributed by atoms with Crippen LogP contribution >= 0.6 is 0 Å². The summed E-state index contributed by atoms with van der Waals surface area (Å²) in [6.45, 7) is 1.09. The van der Waals surface area contributed by atoms with E-state index in [1.54, 1.807) is 29.2 Å². The van der Waals surface area contributed by atoms with Gasteiger partial charge in [0.1, 0.15) is 11.5 Å². The quantitative estimate of drug-likeness (QED) is 0.565. The molecule has 1 amide bonds. The number of ether oxygens (including phenoxy) is 1. The number of methoxy groups -OCH3 is 1. The van der Waals surface area contributed by atoms with E-state index in [1.165, 1.54) is 7.11 Å². The molecule has 0 saturated carbocycles. The number of Topliss-reactive ketones (excluding diaryl/α,β-unsaturated/α-hetero) is 1. The van der Waals surface area contributed by atoms with Crippen LogP contribution in [0.25, 0.3) is 10.9 Å². The Kier molecular flexibility index (Phi) is 6.53. The van der Waals surface area contributed by atoms with Gasteiger partial charge >= 0.3 is 0 Å². The van der Waals surface area contributed by atoms with Crippen LogP contribution < -0.4 is 10.3 Å². The van der Waals surface area contributed by atoms with E-state index in [4.69, 9.17) is 4.74 Å². The predicted octanol–water partition coefficient (Wildman–Crippen LogP) is 2.17. The lowest BCUT2D eigenvalue weighted by Gasteiger charge is -2.31. The summed E-state index contributed by atoms with van der Waals surface area (Å²) in [6, 6.07) is 10.4. The van der Waals surface area contributed by atoms with Gasteiger partial charge in [-0.15, -0.1) is 10.2 Å². The van der Waals surface area contributed by atoms with E-state index in [2.05, 4.69) is 20.2 Å². The third-order valence-electron chi connectivity index (χ3n) is 5.79. The maximum atomic E-state index is 12.6. The zero-order valence-electron chi connectivity index (χ0n) is 17.9. The molecule has 1 saturated heterocycles. The molecular weight excluding hydrogens is 410 g/mol. The highest BCUT2D eigenvalue weighted by atomic mass is 16.5. The maximum absolute atomic E-state index is 12.6. The molecule has 1 aliphatic heterocycles. The molecule has 0 unspecified atom stereocenters. The Morgan fingerprint density at radius 3 is 2.62 bits per heavy atom. The highest BCUT2D eigenvalue weighted by molar-refractivity contribution is 5.96. The number of hydrogen-bond donors (Lipinski definition) is 1. The number of H-pyrrole nitrogens is 1. The number of ketones is 1. The number of carbonyl (C=O) groups excluding carboxylic acids is 2. The minimum Gasteiger partial charge on any atom is -0.480 e. The average Bonchev–Trinajstić information content (AvgIpc) is 2.84. The maximum Gasteiger partial charge on any atom is 0.258 e. The fourth-order valence-corrected chi connectivity index (χ4v) is 3.98. The van der Waals surface area contributed by atoms with Crippen LogP contribution in [-0.4, -0.2) is 57.0 Å². The van der Waals surface area contributed by atoms with Crippen molar-refractivity contribution < 1.29 is 14.3 Å². The van der Waals surface area contributed by atoms with Gasteiger partial charge in [-0.25, -0.2) is 4.98 Å². The number of rotatable bonds is 7. The molecule has 1 N–H and O–H groups in total. The van der Waals surface area contributed by atoms with E-state index in [1.807, 2.05) is 12.1 Å². The summed E-state index contributed by atoms with van der Waals surface area (Å²) >= 11 is 0. The molecule has 1 aromatic carbocycles. The van der Waals surface area contributed by atoms with Gasteiger partial charge in [-0.2, -0.15) is 0 Å². The number of carbonyl (C=O) groups is 2. The molecular formula is C23H25N5O4. The molecule has 9 heteroatoms. The Balaban J connectivity index is 1.25. The number of aromatic nitrogens is 4. The van der Waals surface area contributed by atoms with Crippen molar-refractivity contribution in [2.45, 2.75) is 32.1 Å². The van der Waals surface area contributed by atoms with Gasteiger partial charge in [-0.1, -0.05) is 12.1 Å². The summed E-state index contributed by atoms with van der Waals surface area (Å²) in [7, 11) is 1.50. The van der Waals surface area contributed by atoms with Gasteiger partial charge in [0.2, 0.25) is 11.8 Å². The van der Waals surface area contributed by atoms with Crippen LogP contribution in [0.2, 0.25) is 0 Å². The highest BCUT2D eigenvalue weighted by Gasteiger charge is 2.28. The highest BCUT2D eigenvalue weighted by Crippen LogP contribution is 2.22. The second-order valence-corrected chi connectivity index (χ2v) is 7.86. The Bertz CT molecular complexity index is 1170. The van der Waals surface area contributed by atoms with Gasteiger partial charge in [-0.3, -0.25) is 14.4 Å². The standard InChI is InChI=1S/C23H25N5O4/c1-32-20-10-9-18(26-27-20)22(30)15-11-13-28(14-12-15)21(29)8-4-7-19-24-17-6-3-2-5-16(17)23(31)25-19/h2-3,5-6,9-10,15H,4,7-8,11-14H2,1H3,(H,24,25,31). The van der Waals surface area contributed by atoms with Crippen molar-refractivity contribution >= 4 is 22.6 Å². The number of nitrogens with one attached hydrogen (secondary N) is 1. The molecule has 1 aliphatic rings. The SMILES string of the molecule is COc1ccc(C(=O)C2CCN(C(=O)CCCc3nc4ccccc4c(=O)[nH]3)CC2)nn1. The number of amides is 1. The zero-order chi connectivity index (χ0) is 22.5. The van der Waals surface area contributed by atoms with E-state index in [0.29, 0.717) is 73.5 Å². The van der Waals surface area contributed by atoms with E-state index in [9.17, 15) is 14.4 Å². The molecule has 1 fully saturated rings. The Hall–Kier alpha value is -3.62. The molecule has 0 aliphatic carbocycles. The van der Waals surface area contributed by atoms with Crippen LogP contribution in [0.15, 0.2) is 41.2 Å². The molecule has 0 radical (unpaired) electrons. The summed E-state index contributed by atoms with van der Waals surface area (Å²) in [5.41, 5.74) is 0.823. The summed E-state index contributed by atoms with van der Waals surface area (Å²) in [4.78, 5) is 46.5. The van der Waals surface area contributed by atoms with Gasteiger partial charge in [0.15, 0.2) is 5.78 Å². The van der Waals surface area contributed by atoms with Crippen molar-refractivity contribution in [3.8, 4) is 5.88 Å². The summed E-state index contributed by atoms with van der Waals surface area (Å²) in [6.07, 6.45) is 2.71. The number of benzene rings is 1. The molecule has 9 nitrogen and oxygen atoms in total. The molecule has 2 aromatic heterocycles. The number of hydrogen-bond acceptors (Lipinski definition) is 7. The first kappa shape index (κ1) is 21.6. The molecule has 4 rings (SSSR count). The molecule has 32 heavy (non-hydrogen) atoms. The largest absolute Gasteiger partial charge is 0.480 e. The predicted molar refractivity (Wildman–Crippen MR) is 118 cm³/mol. The van der Waals surface area contributed by atoms with Crippen molar-refractivity contribution in [3.63, 3.8) is 0 Å². The number of fused-ring (bicyclic) bond motifs is 1. The van der Waals surface area contributed by atoms with Crippen molar-refractivity contribution in [2.24, 2.45) is 5.92 Å². The van der Waals surface area contributed by atoms with Crippen LogP contribution in [0.5, 0.6) is 5.88 Å². The smallest absolute Gasteiger partial charge is 0.258 e. The Labute approximate surface area is 184 Å². The second-order valence-electron chi connectivity index (χ2n) is 7.86. The van der Waals surface area contributed by atoms with Crippen LogP contribution in [0.4, 0.5) is 0 Å². The fourth-order valence-electron chi connectivity index (χ4n) is 3.98. The Morgan fingerprint density at radius 1 is 1.12 bits per heavy atom.